The molecule has 0 aromatic heterocycles. The Morgan fingerprint density at radius 3 is 2.56 bits per heavy atom. The lowest BCUT2D eigenvalue weighted by atomic mass is 10.1. The Kier molecular flexibility index (Phi) is 4.54. The van der Waals surface area contributed by atoms with Crippen molar-refractivity contribution in [2.45, 2.75) is 38.1 Å². The minimum absolute atomic E-state index is 0.499. The van der Waals surface area contributed by atoms with Gasteiger partial charge in [0.2, 0.25) is 0 Å². The molecule has 1 aromatic carbocycles. The van der Waals surface area contributed by atoms with Crippen LogP contribution in [0.25, 0.3) is 0 Å². The number of aryl methyl sites for hydroxylation is 1. The van der Waals surface area contributed by atoms with Crippen LogP contribution in [0.15, 0.2) is 17.0 Å². The molecule has 16 heavy (non-hydrogen) atoms. The summed E-state index contributed by atoms with van der Waals surface area (Å²) in [5.74, 6) is 0. The summed E-state index contributed by atoms with van der Waals surface area (Å²) in [5.41, 5.74) is 2.06. The largest absolute Gasteiger partial charge is 0.301 e. The van der Waals surface area contributed by atoms with Crippen LogP contribution in [0.3, 0.4) is 0 Å². The Morgan fingerprint density at radius 1 is 1.38 bits per heavy atom. The fraction of sp³-hybridized carbons (Fsp3) is 0.417. The molecule has 0 radical (unpaired) electrons. The molecule has 88 valence electrons. The van der Waals surface area contributed by atoms with E-state index in [0.717, 1.165) is 11.2 Å². The van der Waals surface area contributed by atoms with Crippen LogP contribution >= 0.6 is 21.2 Å². The molecule has 0 bridgehead atoms. The van der Waals surface area contributed by atoms with Gasteiger partial charge in [-0.1, -0.05) is 6.07 Å². The van der Waals surface area contributed by atoms with Crippen LogP contribution in [-0.2, 0) is 4.79 Å². The molecule has 0 saturated heterocycles. The van der Waals surface area contributed by atoms with Gasteiger partial charge in [0.1, 0.15) is 6.29 Å². The van der Waals surface area contributed by atoms with Gasteiger partial charge in [-0.15, -0.1) is 9.24 Å². The predicted molar refractivity (Wildman–Crippen MR) is 74.4 cm³/mol. The van der Waals surface area contributed by atoms with Gasteiger partial charge < -0.3 is 4.79 Å². The molecular weight excluding hydrogens is 237 g/mol. The minimum Gasteiger partial charge on any atom is -0.301 e. The molecule has 1 unspecified atom stereocenters. The zero-order valence-corrected chi connectivity index (χ0v) is 12.1. The zero-order valence-electron chi connectivity index (χ0n) is 10.1. The van der Waals surface area contributed by atoms with E-state index in [1.165, 1.54) is 28.4 Å². The normalized spacial score (nSPS) is 11.6. The summed E-state index contributed by atoms with van der Waals surface area (Å²) in [6, 6.07) is 4.17. The average Bonchev–Trinajstić information content (AvgIpc) is 2.25. The quantitative estimate of drug-likeness (QED) is 0.509. The first-order valence-electron chi connectivity index (χ1n) is 5.13. The fourth-order valence-electron chi connectivity index (χ4n) is 1.11. The van der Waals surface area contributed by atoms with E-state index < -0.39 is 5.54 Å². The van der Waals surface area contributed by atoms with Crippen LogP contribution in [0, 0.1) is 13.8 Å². The molecule has 1 aromatic rings. The van der Waals surface area contributed by atoms with E-state index in [2.05, 4.69) is 39.9 Å². The molecular formula is C12H18NOPS. The van der Waals surface area contributed by atoms with E-state index in [1.807, 2.05) is 13.8 Å². The molecule has 1 atom stereocenters. The second-order valence-corrected chi connectivity index (χ2v) is 5.89. The Balaban J connectivity index is 2.83. The maximum atomic E-state index is 10.8. The van der Waals surface area contributed by atoms with Crippen molar-refractivity contribution >= 4 is 32.8 Å². The van der Waals surface area contributed by atoms with Crippen molar-refractivity contribution in [3.63, 3.8) is 0 Å². The summed E-state index contributed by atoms with van der Waals surface area (Å²) in [6.07, 6.45) is 0.920. The summed E-state index contributed by atoms with van der Waals surface area (Å²) >= 11 is 1.50. The Hall–Kier alpha value is -0.370. The van der Waals surface area contributed by atoms with Gasteiger partial charge in [0.05, 0.1) is 5.54 Å². The minimum atomic E-state index is -0.499. The van der Waals surface area contributed by atoms with Gasteiger partial charge >= 0.3 is 0 Å². The summed E-state index contributed by atoms with van der Waals surface area (Å²) < 4.78 is 3.15. The van der Waals surface area contributed by atoms with Crippen LogP contribution in [0.5, 0.6) is 0 Å². The van der Waals surface area contributed by atoms with Crippen molar-refractivity contribution in [2.24, 2.45) is 0 Å². The lowest BCUT2D eigenvalue weighted by Crippen LogP contribution is -2.36. The Bertz CT molecular complexity index is 404. The molecule has 0 aliphatic carbocycles. The van der Waals surface area contributed by atoms with Gasteiger partial charge in [-0.25, -0.2) is 4.72 Å². The summed E-state index contributed by atoms with van der Waals surface area (Å²) in [6.45, 7) is 7.92. The van der Waals surface area contributed by atoms with Gasteiger partial charge in [0.15, 0.2) is 0 Å². The third-order valence-corrected chi connectivity index (χ3v) is 4.62. The molecule has 0 spiro atoms. The summed E-state index contributed by atoms with van der Waals surface area (Å²) in [7, 11) is 2.76. The van der Waals surface area contributed by atoms with Crippen molar-refractivity contribution in [3.05, 3.63) is 23.3 Å². The number of carbonyl (C=O) groups excluding carboxylic acids is 1. The first kappa shape index (κ1) is 13.7. The number of nitrogens with one attached hydrogen (secondary N) is 1. The van der Waals surface area contributed by atoms with Gasteiger partial charge in [0, 0.05) is 4.90 Å². The van der Waals surface area contributed by atoms with Crippen LogP contribution < -0.4 is 10.0 Å². The van der Waals surface area contributed by atoms with Crippen molar-refractivity contribution in [2.75, 3.05) is 0 Å². The topological polar surface area (TPSA) is 29.1 Å². The molecule has 4 heteroatoms. The maximum absolute atomic E-state index is 10.8. The third kappa shape index (κ3) is 3.31. The van der Waals surface area contributed by atoms with E-state index in [4.69, 9.17) is 0 Å². The second kappa shape index (κ2) is 5.31. The number of aldehydes is 1. The monoisotopic (exact) mass is 255 g/mol. The average molecular weight is 255 g/mol. The van der Waals surface area contributed by atoms with Gasteiger partial charge in [-0.05, 0) is 62.1 Å². The maximum Gasteiger partial charge on any atom is 0.140 e. The number of hydrogen-bond donors (Lipinski definition) is 1. The van der Waals surface area contributed by atoms with Gasteiger partial charge in [-0.3, -0.25) is 0 Å². The lowest BCUT2D eigenvalue weighted by Gasteiger charge is -2.19. The van der Waals surface area contributed by atoms with Crippen LogP contribution in [0.4, 0.5) is 0 Å². The molecule has 2 nitrogen and oxygen atoms in total. The highest BCUT2D eigenvalue weighted by Crippen LogP contribution is 2.21. The summed E-state index contributed by atoms with van der Waals surface area (Å²) in [5, 5.41) is 1.19. The van der Waals surface area contributed by atoms with Crippen molar-refractivity contribution in [1.29, 1.82) is 0 Å². The first-order valence-corrected chi connectivity index (χ1v) is 6.53. The summed E-state index contributed by atoms with van der Waals surface area (Å²) in [4.78, 5) is 11.9. The molecule has 0 aliphatic heterocycles. The number of rotatable bonds is 4. The van der Waals surface area contributed by atoms with E-state index in [0.29, 0.717) is 0 Å². The third-order valence-electron chi connectivity index (χ3n) is 2.46. The van der Waals surface area contributed by atoms with Gasteiger partial charge in [-0.2, -0.15) is 0 Å². The molecule has 0 aliphatic rings. The first-order chi connectivity index (χ1) is 7.37. The highest BCUT2D eigenvalue weighted by Gasteiger charge is 2.16. The van der Waals surface area contributed by atoms with E-state index in [9.17, 15) is 4.79 Å². The van der Waals surface area contributed by atoms with Crippen molar-refractivity contribution < 1.29 is 4.79 Å². The molecule has 0 fully saturated rings. The van der Waals surface area contributed by atoms with Crippen molar-refractivity contribution in [1.82, 2.24) is 4.72 Å². The zero-order chi connectivity index (χ0) is 12.3. The van der Waals surface area contributed by atoms with E-state index >= 15 is 0 Å². The number of benzene rings is 1. The highest BCUT2D eigenvalue weighted by molar-refractivity contribution is 7.97. The number of carbonyl (C=O) groups is 1. The van der Waals surface area contributed by atoms with E-state index in [-0.39, 0.29) is 0 Å². The standard InChI is InChI=1S/C12H18NOPS/c1-8-5-6-10(11(15)9(8)2)16-13-12(3,4)7-14/h5-7,13H,15H2,1-4H3. The van der Waals surface area contributed by atoms with Gasteiger partial charge in [0.25, 0.3) is 0 Å². The van der Waals surface area contributed by atoms with Crippen LogP contribution in [0.2, 0.25) is 0 Å². The van der Waals surface area contributed by atoms with Crippen LogP contribution in [-0.4, -0.2) is 11.8 Å². The Morgan fingerprint density at radius 2 is 2.00 bits per heavy atom. The smallest absolute Gasteiger partial charge is 0.140 e. The highest BCUT2D eigenvalue weighted by atomic mass is 32.2. The second-order valence-electron chi connectivity index (χ2n) is 4.46. The molecule has 0 saturated carbocycles. The van der Waals surface area contributed by atoms with Crippen LogP contribution in [0.1, 0.15) is 25.0 Å². The molecule has 1 N–H and O–H groups in total. The number of hydrogen-bond acceptors (Lipinski definition) is 3. The van der Waals surface area contributed by atoms with Crippen molar-refractivity contribution in [3.8, 4) is 0 Å². The lowest BCUT2D eigenvalue weighted by molar-refractivity contribution is -0.111. The molecule has 1 rings (SSSR count). The van der Waals surface area contributed by atoms with E-state index in [1.54, 1.807) is 0 Å². The molecule has 0 amide bonds. The molecule has 0 heterocycles. The SMILES string of the molecule is Cc1ccc(SNC(C)(C)C=O)c(P)c1C. The Labute approximate surface area is 104 Å². The fourth-order valence-corrected chi connectivity index (χ4v) is 2.43. The predicted octanol–water partition coefficient (Wildman–Crippen LogP) is 2.38.